The van der Waals surface area contributed by atoms with E-state index in [-0.39, 0.29) is 5.91 Å². The molecular weight excluding hydrogens is 300 g/mol. The number of nitrogens with zero attached hydrogens (tertiary/aromatic N) is 3. The molecule has 0 unspecified atom stereocenters. The first kappa shape index (κ1) is 17.3. The minimum atomic E-state index is 0.00641. The molecule has 2 rings (SSSR count). The molecule has 1 aliphatic rings. The molecule has 0 atom stereocenters. The Bertz CT molecular complexity index is 472. The lowest BCUT2D eigenvalue weighted by Gasteiger charge is -2.21. The highest BCUT2D eigenvalue weighted by atomic mass is 32.2. The van der Waals surface area contributed by atoms with Crippen LogP contribution >= 0.6 is 11.8 Å². The van der Waals surface area contributed by atoms with Gasteiger partial charge in [0.2, 0.25) is 5.91 Å². The van der Waals surface area contributed by atoms with Crippen LogP contribution in [0.2, 0.25) is 0 Å². The van der Waals surface area contributed by atoms with Crippen molar-refractivity contribution in [1.29, 1.82) is 0 Å². The lowest BCUT2D eigenvalue weighted by Crippen LogP contribution is -2.28. The third kappa shape index (κ3) is 4.71. The summed E-state index contributed by atoms with van der Waals surface area (Å²) in [5, 5.41) is 12.4. The number of hydrogen-bond donors (Lipinski definition) is 1. The molecule has 0 bridgehead atoms. The van der Waals surface area contributed by atoms with Gasteiger partial charge in [0, 0.05) is 26.1 Å². The van der Waals surface area contributed by atoms with Crippen molar-refractivity contribution in [3.8, 4) is 0 Å². The van der Waals surface area contributed by atoms with Crippen LogP contribution in [0.25, 0.3) is 0 Å². The standard InChI is InChI=1S/C15H26N4O2S/c1-3-19-14(12-7-5-4-6-8-12)17-18-15(19)22-11-13(20)16-9-10-21-2/h12H,3-11H2,1-2H3,(H,16,20). The highest BCUT2D eigenvalue weighted by molar-refractivity contribution is 7.99. The first-order chi connectivity index (χ1) is 10.8. The molecule has 124 valence electrons. The number of rotatable bonds is 8. The third-order valence-electron chi connectivity index (χ3n) is 3.99. The molecule has 7 heteroatoms. The SMILES string of the molecule is CCn1c(SCC(=O)NCCOC)nnc1C1CCCCC1. The molecule has 0 aromatic carbocycles. The van der Waals surface area contributed by atoms with Crippen molar-refractivity contribution >= 4 is 17.7 Å². The van der Waals surface area contributed by atoms with E-state index in [0.717, 1.165) is 17.5 Å². The number of nitrogens with one attached hydrogen (secondary N) is 1. The molecule has 22 heavy (non-hydrogen) atoms. The summed E-state index contributed by atoms with van der Waals surface area (Å²) in [6.45, 7) is 4.04. The fourth-order valence-corrected chi connectivity index (χ4v) is 3.68. The fourth-order valence-electron chi connectivity index (χ4n) is 2.84. The van der Waals surface area contributed by atoms with E-state index in [2.05, 4.69) is 27.0 Å². The molecular formula is C15H26N4O2S. The van der Waals surface area contributed by atoms with E-state index < -0.39 is 0 Å². The van der Waals surface area contributed by atoms with Gasteiger partial charge in [-0.1, -0.05) is 31.0 Å². The number of methoxy groups -OCH3 is 1. The number of ether oxygens (including phenoxy) is 1. The maximum absolute atomic E-state index is 11.8. The summed E-state index contributed by atoms with van der Waals surface area (Å²) in [5.74, 6) is 2.01. The van der Waals surface area contributed by atoms with Gasteiger partial charge in [-0.25, -0.2) is 0 Å². The monoisotopic (exact) mass is 326 g/mol. The molecule has 1 fully saturated rings. The van der Waals surface area contributed by atoms with Gasteiger partial charge >= 0.3 is 0 Å². The molecule has 0 spiro atoms. The first-order valence-electron chi connectivity index (χ1n) is 8.07. The number of amides is 1. The van der Waals surface area contributed by atoms with Gasteiger partial charge in [0.1, 0.15) is 5.82 Å². The lowest BCUT2D eigenvalue weighted by molar-refractivity contribution is -0.118. The molecule has 1 aliphatic carbocycles. The van der Waals surface area contributed by atoms with Crippen molar-refractivity contribution in [3.05, 3.63) is 5.82 Å². The molecule has 0 saturated heterocycles. The summed E-state index contributed by atoms with van der Waals surface area (Å²) in [4.78, 5) is 11.8. The second-order valence-electron chi connectivity index (χ2n) is 5.55. The quantitative estimate of drug-likeness (QED) is 0.586. The van der Waals surface area contributed by atoms with Gasteiger partial charge in [-0.15, -0.1) is 10.2 Å². The van der Waals surface area contributed by atoms with Gasteiger partial charge in [-0.05, 0) is 19.8 Å². The average Bonchev–Trinajstić information content (AvgIpc) is 2.97. The number of carbonyl (C=O) groups excluding carboxylic acids is 1. The van der Waals surface area contributed by atoms with Crippen molar-refractivity contribution in [2.24, 2.45) is 0 Å². The van der Waals surface area contributed by atoms with Crippen LogP contribution in [-0.4, -0.2) is 46.7 Å². The highest BCUT2D eigenvalue weighted by Crippen LogP contribution is 2.33. The zero-order valence-corrected chi connectivity index (χ0v) is 14.3. The van der Waals surface area contributed by atoms with Crippen LogP contribution in [0.3, 0.4) is 0 Å². The van der Waals surface area contributed by atoms with Crippen molar-refractivity contribution in [3.63, 3.8) is 0 Å². The summed E-state index contributed by atoms with van der Waals surface area (Å²) >= 11 is 1.46. The van der Waals surface area contributed by atoms with Crippen LogP contribution in [0, 0.1) is 0 Å². The van der Waals surface area contributed by atoms with Crippen LogP contribution in [0.5, 0.6) is 0 Å². The third-order valence-corrected chi connectivity index (χ3v) is 4.96. The van der Waals surface area contributed by atoms with E-state index in [4.69, 9.17) is 4.74 Å². The molecule has 1 saturated carbocycles. The minimum Gasteiger partial charge on any atom is -0.383 e. The van der Waals surface area contributed by atoms with Crippen molar-refractivity contribution in [2.75, 3.05) is 26.0 Å². The molecule has 1 aromatic heterocycles. The Morgan fingerprint density at radius 3 is 2.82 bits per heavy atom. The fraction of sp³-hybridized carbons (Fsp3) is 0.800. The average molecular weight is 326 g/mol. The number of aromatic nitrogens is 3. The predicted molar refractivity (Wildman–Crippen MR) is 87.1 cm³/mol. The maximum Gasteiger partial charge on any atom is 0.230 e. The van der Waals surface area contributed by atoms with E-state index >= 15 is 0 Å². The van der Waals surface area contributed by atoms with E-state index in [1.165, 1.54) is 43.9 Å². The largest absolute Gasteiger partial charge is 0.383 e. The van der Waals surface area contributed by atoms with Gasteiger partial charge in [0.15, 0.2) is 5.16 Å². The maximum atomic E-state index is 11.8. The summed E-state index contributed by atoms with van der Waals surface area (Å²) in [7, 11) is 1.62. The van der Waals surface area contributed by atoms with Crippen molar-refractivity contribution < 1.29 is 9.53 Å². The van der Waals surface area contributed by atoms with Gasteiger partial charge in [0.25, 0.3) is 0 Å². The smallest absolute Gasteiger partial charge is 0.230 e. The Hall–Kier alpha value is -1.08. The molecule has 1 amide bonds. The summed E-state index contributed by atoms with van der Waals surface area (Å²) in [6.07, 6.45) is 6.32. The summed E-state index contributed by atoms with van der Waals surface area (Å²) in [5.41, 5.74) is 0. The highest BCUT2D eigenvalue weighted by Gasteiger charge is 2.23. The Morgan fingerprint density at radius 2 is 2.14 bits per heavy atom. The molecule has 6 nitrogen and oxygen atoms in total. The topological polar surface area (TPSA) is 69.0 Å². The Balaban J connectivity index is 1.91. The molecule has 1 heterocycles. The minimum absolute atomic E-state index is 0.00641. The van der Waals surface area contributed by atoms with Crippen LogP contribution in [0.1, 0.15) is 50.8 Å². The number of thioether (sulfide) groups is 1. The van der Waals surface area contributed by atoms with Crippen LogP contribution < -0.4 is 5.32 Å². The van der Waals surface area contributed by atoms with E-state index in [1.807, 2.05) is 0 Å². The Labute approximate surface area is 136 Å². The Kier molecular flexibility index (Phi) is 7.18. The molecule has 1 aromatic rings. The van der Waals surface area contributed by atoms with E-state index in [9.17, 15) is 4.79 Å². The molecule has 0 aliphatic heterocycles. The predicted octanol–water partition coefficient (Wildman–Crippen LogP) is 2.20. The first-order valence-corrected chi connectivity index (χ1v) is 9.06. The van der Waals surface area contributed by atoms with Crippen LogP contribution in [0.15, 0.2) is 5.16 Å². The second kappa shape index (κ2) is 9.15. The molecule has 0 radical (unpaired) electrons. The second-order valence-corrected chi connectivity index (χ2v) is 6.49. The summed E-state index contributed by atoms with van der Waals surface area (Å²) < 4.78 is 7.08. The normalized spacial score (nSPS) is 15.9. The molecule has 1 N–H and O–H groups in total. The number of carbonyl (C=O) groups is 1. The summed E-state index contributed by atoms with van der Waals surface area (Å²) in [6, 6.07) is 0. The van der Waals surface area contributed by atoms with Crippen molar-refractivity contribution in [1.82, 2.24) is 20.1 Å². The van der Waals surface area contributed by atoms with Gasteiger partial charge < -0.3 is 14.6 Å². The zero-order valence-electron chi connectivity index (χ0n) is 13.5. The van der Waals surface area contributed by atoms with Crippen LogP contribution in [-0.2, 0) is 16.1 Å². The zero-order chi connectivity index (χ0) is 15.8. The van der Waals surface area contributed by atoms with Crippen molar-refractivity contribution in [2.45, 2.75) is 56.6 Å². The number of hydrogen-bond acceptors (Lipinski definition) is 5. The van der Waals surface area contributed by atoms with Gasteiger partial charge in [-0.2, -0.15) is 0 Å². The van der Waals surface area contributed by atoms with Crippen LogP contribution in [0.4, 0.5) is 0 Å². The lowest BCUT2D eigenvalue weighted by atomic mass is 9.89. The van der Waals surface area contributed by atoms with Gasteiger partial charge in [-0.3, -0.25) is 4.79 Å². The Morgan fingerprint density at radius 1 is 1.36 bits per heavy atom. The van der Waals surface area contributed by atoms with E-state index in [1.54, 1.807) is 7.11 Å². The van der Waals surface area contributed by atoms with Gasteiger partial charge in [0.05, 0.1) is 12.4 Å². The van der Waals surface area contributed by atoms with E-state index in [0.29, 0.717) is 24.8 Å².